The Morgan fingerprint density at radius 1 is 1.62 bits per heavy atom. The molecule has 7 nitrogen and oxygen atoms in total. The van der Waals surface area contributed by atoms with Gasteiger partial charge in [-0.25, -0.2) is 0 Å². The van der Waals surface area contributed by atoms with Gasteiger partial charge in [-0.1, -0.05) is 6.08 Å². The number of ether oxygens (including phenoxy) is 1. The van der Waals surface area contributed by atoms with E-state index in [1.807, 2.05) is 0 Å². The van der Waals surface area contributed by atoms with E-state index in [1.165, 1.54) is 18.3 Å². The maximum atomic E-state index is 11.0. The summed E-state index contributed by atoms with van der Waals surface area (Å²) in [6, 6.07) is 4.59. The molecule has 0 aliphatic rings. The molecule has 0 aliphatic heterocycles. The minimum atomic E-state index is -0.494. The van der Waals surface area contributed by atoms with Crippen LogP contribution in [0.2, 0.25) is 0 Å². The second-order valence-corrected chi connectivity index (χ2v) is 4.19. The summed E-state index contributed by atoms with van der Waals surface area (Å²) < 4.78 is 5.20. The molecule has 0 bridgehead atoms. The molecule has 1 aromatic carbocycles. The van der Waals surface area contributed by atoms with Crippen molar-refractivity contribution >= 4 is 29.2 Å². The summed E-state index contributed by atoms with van der Waals surface area (Å²) in [4.78, 5) is 10.5. The average Bonchev–Trinajstić information content (AvgIpc) is 2.46. The van der Waals surface area contributed by atoms with Gasteiger partial charge in [0.05, 0.1) is 17.7 Å². The van der Waals surface area contributed by atoms with Gasteiger partial charge >= 0.3 is 5.69 Å². The third-order valence-corrected chi connectivity index (χ3v) is 2.50. The molecular weight excluding hydrogens is 292 g/mol. The van der Waals surface area contributed by atoms with Crippen molar-refractivity contribution in [1.82, 2.24) is 10.7 Å². The van der Waals surface area contributed by atoms with Crippen LogP contribution in [0.3, 0.4) is 0 Å². The van der Waals surface area contributed by atoms with Crippen molar-refractivity contribution in [2.24, 2.45) is 5.10 Å². The summed E-state index contributed by atoms with van der Waals surface area (Å²) in [7, 11) is 0. The van der Waals surface area contributed by atoms with Crippen LogP contribution in [0, 0.1) is 10.1 Å². The molecule has 0 atom stereocenters. The maximum absolute atomic E-state index is 11.0. The smallest absolute Gasteiger partial charge is 0.311 e. The van der Waals surface area contributed by atoms with Gasteiger partial charge in [-0.3, -0.25) is 15.5 Å². The maximum Gasteiger partial charge on any atom is 0.311 e. The minimum Gasteiger partial charge on any atom is -0.487 e. The molecule has 0 radical (unpaired) electrons. The lowest BCUT2D eigenvalue weighted by Crippen LogP contribution is -2.31. The summed E-state index contributed by atoms with van der Waals surface area (Å²) >= 11 is 4.95. The average molecular weight is 308 g/mol. The molecule has 0 aromatic heterocycles. The highest BCUT2D eigenvalue weighted by molar-refractivity contribution is 7.80. The molecule has 21 heavy (non-hydrogen) atoms. The fourth-order valence-corrected chi connectivity index (χ4v) is 1.54. The Bertz CT molecular complexity index is 560. The first-order valence-electron chi connectivity index (χ1n) is 6.17. The zero-order chi connectivity index (χ0) is 15.7. The van der Waals surface area contributed by atoms with Crippen LogP contribution in [-0.2, 0) is 0 Å². The Balaban J connectivity index is 2.75. The van der Waals surface area contributed by atoms with E-state index in [2.05, 4.69) is 22.4 Å². The van der Waals surface area contributed by atoms with E-state index in [9.17, 15) is 10.1 Å². The third kappa shape index (κ3) is 5.57. The summed E-state index contributed by atoms with van der Waals surface area (Å²) in [6.07, 6.45) is 3.10. The number of nitrogens with zero attached hydrogens (tertiary/aromatic N) is 2. The van der Waals surface area contributed by atoms with Crippen LogP contribution in [0.1, 0.15) is 12.5 Å². The first-order valence-corrected chi connectivity index (χ1v) is 6.58. The summed E-state index contributed by atoms with van der Waals surface area (Å²) in [6.45, 7) is 6.19. The van der Waals surface area contributed by atoms with Gasteiger partial charge in [0, 0.05) is 18.2 Å². The Labute approximate surface area is 127 Å². The van der Waals surface area contributed by atoms with E-state index in [0.29, 0.717) is 23.8 Å². The number of hydrogen-bond acceptors (Lipinski definition) is 5. The van der Waals surface area contributed by atoms with Crippen LogP contribution in [0.4, 0.5) is 5.69 Å². The molecular formula is C13H16N4O3S. The lowest BCUT2D eigenvalue weighted by atomic mass is 10.2. The summed E-state index contributed by atoms with van der Waals surface area (Å²) in [5, 5.41) is 18.0. The van der Waals surface area contributed by atoms with Gasteiger partial charge in [0.15, 0.2) is 10.9 Å². The van der Waals surface area contributed by atoms with Crippen LogP contribution in [0.25, 0.3) is 0 Å². The van der Waals surface area contributed by atoms with Gasteiger partial charge in [-0.15, -0.1) is 6.58 Å². The summed E-state index contributed by atoms with van der Waals surface area (Å²) in [5.74, 6) is 0.232. The normalized spacial score (nSPS) is 10.1. The minimum absolute atomic E-state index is 0.104. The quantitative estimate of drug-likeness (QED) is 0.263. The van der Waals surface area contributed by atoms with E-state index >= 15 is 0 Å². The zero-order valence-electron chi connectivity index (χ0n) is 11.5. The molecule has 1 aromatic rings. The predicted molar refractivity (Wildman–Crippen MR) is 85.8 cm³/mol. The van der Waals surface area contributed by atoms with E-state index in [4.69, 9.17) is 17.0 Å². The van der Waals surface area contributed by atoms with Crippen molar-refractivity contribution in [1.29, 1.82) is 0 Å². The topological polar surface area (TPSA) is 88.8 Å². The van der Waals surface area contributed by atoms with Crippen molar-refractivity contribution in [2.45, 2.75) is 6.92 Å². The van der Waals surface area contributed by atoms with E-state index in [-0.39, 0.29) is 11.4 Å². The number of hydrogen-bond donors (Lipinski definition) is 2. The van der Waals surface area contributed by atoms with Gasteiger partial charge in [0.25, 0.3) is 0 Å². The van der Waals surface area contributed by atoms with Gasteiger partial charge in [0.2, 0.25) is 0 Å². The Morgan fingerprint density at radius 2 is 2.38 bits per heavy atom. The van der Waals surface area contributed by atoms with Crippen molar-refractivity contribution in [3.8, 4) is 5.75 Å². The van der Waals surface area contributed by atoms with Crippen LogP contribution in [-0.4, -0.2) is 29.4 Å². The molecule has 0 spiro atoms. The molecule has 0 amide bonds. The van der Waals surface area contributed by atoms with Crippen LogP contribution >= 0.6 is 12.2 Å². The molecule has 0 fully saturated rings. The largest absolute Gasteiger partial charge is 0.487 e. The van der Waals surface area contributed by atoms with Gasteiger partial charge in [0.1, 0.15) is 0 Å². The van der Waals surface area contributed by atoms with Crippen molar-refractivity contribution < 1.29 is 9.66 Å². The number of nitro groups is 1. The fraction of sp³-hybridized carbons (Fsp3) is 0.231. The molecule has 0 saturated heterocycles. The SMILES string of the molecule is C=CCNC(=S)N/N=C/c1ccc(OCC)c([N+](=O)[O-])c1. The summed E-state index contributed by atoms with van der Waals surface area (Å²) in [5.41, 5.74) is 3.05. The number of rotatable bonds is 7. The van der Waals surface area contributed by atoms with Crippen molar-refractivity contribution in [3.63, 3.8) is 0 Å². The number of nitrogens with one attached hydrogen (secondary N) is 2. The lowest BCUT2D eigenvalue weighted by Gasteiger charge is -2.05. The number of thiocarbonyl (C=S) groups is 1. The molecule has 0 heterocycles. The number of benzene rings is 1. The molecule has 112 valence electrons. The standard InChI is InChI=1S/C13H16N4O3S/c1-3-7-14-13(21)16-15-9-10-5-6-12(20-4-2)11(8-10)17(18)19/h3,5-6,8-9H,1,4,7H2,2H3,(H2,14,16,21)/b15-9+. The highest BCUT2D eigenvalue weighted by Gasteiger charge is 2.14. The molecule has 1 rings (SSSR count). The fourth-order valence-electron chi connectivity index (χ4n) is 1.40. The number of nitro benzene ring substituents is 1. The third-order valence-electron chi connectivity index (χ3n) is 2.27. The highest BCUT2D eigenvalue weighted by Crippen LogP contribution is 2.27. The molecule has 0 unspecified atom stereocenters. The van der Waals surface area contributed by atoms with Crippen LogP contribution in [0.15, 0.2) is 36.0 Å². The molecule has 0 aliphatic carbocycles. The van der Waals surface area contributed by atoms with E-state index in [0.717, 1.165) is 0 Å². The van der Waals surface area contributed by atoms with Gasteiger partial charge < -0.3 is 10.1 Å². The van der Waals surface area contributed by atoms with Crippen molar-refractivity contribution in [2.75, 3.05) is 13.2 Å². The first-order chi connectivity index (χ1) is 10.1. The molecule has 2 N–H and O–H groups in total. The first kappa shape index (κ1) is 16.6. The van der Waals surface area contributed by atoms with Gasteiger partial charge in [-0.05, 0) is 31.3 Å². The highest BCUT2D eigenvalue weighted by atomic mass is 32.1. The van der Waals surface area contributed by atoms with E-state index < -0.39 is 4.92 Å². The van der Waals surface area contributed by atoms with Crippen LogP contribution in [0.5, 0.6) is 5.75 Å². The Kier molecular flexibility index (Phi) is 6.82. The lowest BCUT2D eigenvalue weighted by molar-refractivity contribution is -0.385. The molecule has 0 saturated carbocycles. The number of hydrazone groups is 1. The Morgan fingerprint density at radius 3 is 3.00 bits per heavy atom. The Hall–Kier alpha value is -2.48. The molecule has 8 heteroatoms. The monoisotopic (exact) mass is 308 g/mol. The van der Waals surface area contributed by atoms with Gasteiger partial charge in [-0.2, -0.15) is 5.10 Å². The van der Waals surface area contributed by atoms with Crippen molar-refractivity contribution in [3.05, 3.63) is 46.5 Å². The van der Waals surface area contributed by atoms with E-state index in [1.54, 1.807) is 19.1 Å². The second-order valence-electron chi connectivity index (χ2n) is 3.79. The zero-order valence-corrected chi connectivity index (χ0v) is 12.4. The predicted octanol–water partition coefficient (Wildman–Crippen LogP) is 1.98. The second kappa shape index (κ2) is 8.64. The van der Waals surface area contributed by atoms with Crippen LogP contribution < -0.4 is 15.5 Å².